The maximum atomic E-state index is 5.29. The van der Waals surface area contributed by atoms with E-state index in [2.05, 4.69) is 10.2 Å². The van der Waals surface area contributed by atoms with Crippen LogP contribution in [0.15, 0.2) is 45.7 Å². The lowest BCUT2D eigenvalue weighted by Gasteiger charge is -2.10. The first-order valence-corrected chi connectivity index (χ1v) is 3.73. The van der Waals surface area contributed by atoms with Crippen molar-refractivity contribution < 1.29 is 9.47 Å². The molecule has 0 saturated carbocycles. The average molecular weight is 162 g/mol. The van der Waals surface area contributed by atoms with Crippen molar-refractivity contribution in [2.24, 2.45) is 10.2 Å². The quantitative estimate of drug-likeness (QED) is 0.541. The van der Waals surface area contributed by atoms with E-state index in [1.807, 2.05) is 12.2 Å². The summed E-state index contributed by atoms with van der Waals surface area (Å²) in [7, 11) is 0. The molecule has 2 aliphatic heterocycles. The third-order valence-electron chi connectivity index (χ3n) is 2.04. The van der Waals surface area contributed by atoms with Gasteiger partial charge in [-0.2, -0.15) is 10.2 Å². The van der Waals surface area contributed by atoms with Gasteiger partial charge in [-0.25, -0.2) is 0 Å². The molecule has 3 rings (SSSR count). The Morgan fingerprint density at radius 3 is 3.42 bits per heavy atom. The van der Waals surface area contributed by atoms with Gasteiger partial charge in [0.25, 0.3) is 0 Å². The van der Waals surface area contributed by atoms with Crippen molar-refractivity contribution in [1.29, 1.82) is 0 Å². The Kier molecular flexibility index (Phi) is 0.983. The summed E-state index contributed by atoms with van der Waals surface area (Å²) in [5.74, 6) is 1.59. The zero-order valence-electron chi connectivity index (χ0n) is 6.23. The Bertz CT molecular complexity index is 352. The van der Waals surface area contributed by atoms with Crippen LogP contribution in [-0.2, 0) is 9.47 Å². The fraction of sp³-hybridized carbons (Fsp3) is 0.250. The molecule has 0 aromatic carbocycles. The van der Waals surface area contributed by atoms with Crippen molar-refractivity contribution in [2.75, 3.05) is 6.79 Å². The molecule has 1 atom stereocenters. The lowest BCUT2D eigenvalue weighted by molar-refractivity contribution is 0.0769. The van der Waals surface area contributed by atoms with E-state index >= 15 is 0 Å². The second-order valence-corrected chi connectivity index (χ2v) is 2.72. The summed E-state index contributed by atoms with van der Waals surface area (Å²) in [5.41, 5.74) is 1.00. The third-order valence-corrected chi connectivity index (χ3v) is 2.04. The average Bonchev–Trinajstić information content (AvgIpc) is 2.71. The van der Waals surface area contributed by atoms with Gasteiger partial charge in [-0.05, 0) is 12.2 Å². The number of hydrogen-bond donors (Lipinski definition) is 0. The molecule has 0 N–H and O–H groups in total. The van der Waals surface area contributed by atoms with Gasteiger partial charge in [0, 0.05) is 5.57 Å². The van der Waals surface area contributed by atoms with E-state index < -0.39 is 0 Å². The summed E-state index contributed by atoms with van der Waals surface area (Å²) >= 11 is 0. The zero-order valence-corrected chi connectivity index (χ0v) is 6.23. The minimum atomic E-state index is 0.0467. The van der Waals surface area contributed by atoms with Crippen molar-refractivity contribution in [3.8, 4) is 0 Å². The first-order valence-electron chi connectivity index (χ1n) is 3.73. The van der Waals surface area contributed by atoms with Gasteiger partial charge in [-0.1, -0.05) is 0 Å². The third kappa shape index (κ3) is 0.617. The number of nitrogens with zero attached hydrogens (tertiary/aromatic N) is 2. The van der Waals surface area contributed by atoms with E-state index in [-0.39, 0.29) is 6.04 Å². The molecule has 12 heavy (non-hydrogen) atoms. The normalized spacial score (nSPS) is 29.3. The summed E-state index contributed by atoms with van der Waals surface area (Å²) in [6, 6.07) is 0.0467. The number of hydrogen-bond acceptors (Lipinski definition) is 4. The fourth-order valence-corrected chi connectivity index (χ4v) is 1.46. The van der Waals surface area contributed by atoms with Gasteiger partial charge in [-0.15, -0.1) is 0 Å². The Morgan fingerprint density at radius 2 is 2.42 bits per heavy atom. The van der Waals surface area contributed by atoms with E-state index in [1.54, 1.807) is 6.20 Å². The highest BCUT2D eigenvalue weighted by molar-refractivity contribution is 5.46. The molecule has 0 fully saturated rings. The first-order chi connectivity index (χ1) is 5.95. The highest BCUT2D eigenvalue weighted by Gasteiger charge is 2.30. The predicted octanol–water partition coefficient (Wildman–Crippen LogP) is 1.49. The molecule has 0 aromatic heterocycles. The Labute approximate surface area is 68.9 Å². The van der Waals surface area contributed by atoms with Crippen LogP contribution in [0.25, 0.3) is 0 Å². The Balaban J connectivity index is 2.12. The van der Waals surface area contributed by atoms with E-state index in [4.69, 9.17) is 9.47 Å². The molecule has 0 aromatic rings. The molecule has 0 unspecified atom stereocenters. The maximum Gasteiger partial charge on any atom is 0.231 e. The van der Waals surface area contributed by atoms with Crippen molar-refractivity contribution >= 4 is 0 Å². The number of rotatable bonds is 0. The Hall–Kier alpha value is -1.58. The summed E-state index contributed by atoms with van der Waals surface area (Å²) in [6.45, 7) is 0.305. The van der Waals surface area contributed by atoms with E-state index in [0.29, 0.717) is 6.79 Å². The van der Waals surface area contributed by atoms with E-state index in [1.165, 1.54) is 0 Å². The van der Waals surface area contributed by atoms with Crippen LogP contribution in [0.4, 0.5) is 0 Å². The standard InChI is InChI=1S/C8H6N2O2/c1-2-7-8(12-4-11-7)5-3-9-10-6(1)5/h1-3,6H,4H2/t6-/m1/s1. The summed E-state index contributed by atoms with van der Waals surface area (Å²) in [5, 5.41) is 7.82. The lowest BCUT2D eigenvalue weighted by Crippen LogP contribution is -2.08. The molecular weight excluding hydrogens is 156 g/mol. The molecule has 3 aliphatic rings. The molecule has 0 amide bonds. The van der Waals surface area contributed by atoms with Crippen LogP contribution in [0.5, 0.6) is 0 Å². The van der Waals surface area contributed by atoms with Crippen LogP contribution in [0.2, 0.25) is 0 Å². The molecule has 1 aliphatic carbocycles. The van der Waals surface area contributed by atoms with Gasteiger partial charge in [0.05, 0.1) is 6.20 Å². The van der Waals surface area contributed by atoms with Gasteiger partial charge in [-0.3, -0.25) is 0 Å². The van der Waals surface area contributed by atoms with Crippen LogP contribution in [0, 0.1) is 0 Å². The van der Waals surface area contributed by atoms with Gasteiger partial charge < -0.3 is 9.47 Å². The molecule has 0 radical (unpaired) electrons. The molecule has 0 saturated heterocycles. The van der Waals surface area contributed by atoms with Crippen LogP contribution in [0.3, 0.4) is 0 Å². The van der Waals surface area contributed by atoms with Crippen molar-refractivity contribution in [1.82, 2.24) is 0 Å². The predicted molar refractivity (Wildman–Crippen MR) is 39.9 cm³/mol. The summed E-state index contributed by atoms with van der Waals surface area (Å²) in [4.78, 5) is 0. The maximum absolute atomic E-state index is 5.29. The summed E-state index contributed by atoms with van der Waals surface area (Å²) < 4.78 is 10.5. The summed E-state index contributed by atoms with van der Waals surface area (Å²) in [6.07, 6.45) is 5.56. The number of azo groups is 1. The SMILES string of the molecule is C1=C[C@H]2N=NC=C2C2=C1OCO2. The van der Waals surface area contributed by atoms with Gasteiger partial charge in [0.2, 0.25) is 6.79 Å². The molecule has 4 heteroatoms. The molecule has 60 valence electrons. The van der Waals surface area contributed by atoms with Crippen LogP contribution < -0.4 is 0 Å². The van der Waals surface area contributed by atoms with Crippen molar-refractivity contribution in [3.63, 3.8) is 0 Å². The molecule has 2 heterocycles. The van der Waals surface area contributed by atoms with Gasteiger partial charge in [0.15, 0.2) is 11.5 Å². The van der Waals surface area contributed by atoms with Gasteiger partial charge in [0.1, 0.15) is 6.04 Å². The van der Waals surface area contributed by atoms with E-state index in [0.717, 1.165) is 17.1 Å². The van der Waals surface area contributed by atoms with Crippen molar-refractivity contribution in [3.05, 3.63) is 35.4 Å². The molecule has 0 bridgehead atoms. The minimum absolute atomic E-state index is 0.0467. The minimum Gasteiger partial charge on any atom is -0.454 e. The van der Waals surface area contributed by atoms with E-state index in [9.17, 15) is 0 Å². The number of ether oxygens (including phenoxy) is 2. The highest BCUT2D eigenvalue weighted by Crippen LogP contribution is 2.34. The number of fused-ring (bicyclic) bond motifs is 2. The van der Waals surface area contributed by atoms with Crippen LogP contribution in [-0.4, -0.2) is 12.8 Å². The topological polar surface area (TPSA) is 43.2 Å². The van der Waals surface area contributed by atoms with Gasteiger partial charge >= 0.3 is 0 Å². The lowest BCUT2D eigenvalue weighted by atomic mass is 10.0. The van der Waals surface area contributed by atoms with Crippen LogP contribution in [0.1, 0.15) is 0 Å². The zero-order chi connectivity index (χ0) is 7.97. The van der Waals surface area contributed by atoms with Crippen LogP contribution >= 0.6 is 0 Å². The smallest absolute Gasteiger partial charge is 0.231 e. The Morgan fingerprint density at radius 1 is 1.42 bits per heavy atom. The first kappa shape index (κ1) is 5.99. The molecule has 4 nitrogen and oxygen atoms in total. The monoisotopic (exact) mass is 162 g/mol. The van der Waals surface area contributed by atoms with Crippen molar-refractivity contribution in [2.45, 2.75) is 6.04 Å². The largest absolute Gasteiger partial charge is 0.454 e. The molecular formula is C8H6N2O2. The number of allylic oxidation sites excluding steroid dienone is 1. The second kappa shape index (κ2) is 1.97. The second-order valence-electron chi connectivity index (χ2n) is 2.72. The molecule has 0 spiro atoms. The fourth-order valence-electron chi connectivity index (χ4n) is 1.46. The highest BCUT2D eigenvalue weighted by atomic mass is 16.7.